The summed E-state index contributed by atoms with van der Waals surface area (Å²) < 4.78 is 1.18. The third-order valence-corrected chi connectivity index (χ3v) is 3.48. The van der Waals surface area contributed by atoms with E-state index in [1.807, 2.05) is 24.3 Å². The minimum Gasteiger partial charge on any atom is -0.386 e. The Balaban J connectivity index is 2.14. The van der Waals surface area contributed by atoms with E-state index in [9.17, 15) is 5.11 Å². The van der Waals surface area contributed by atoms with Crippen LogP contribution in [0.1, 0.15) is 17.4 Å². The van der Waals surface area contributed by atoms with Crippen LogP contribution in [0.25, 0.3) is 0 Å². The predicted molar refractivity (Wildman–Crippen MR) is 77.1 cm³/mol. The van der Waals surface area contributed by atoms with Crippen LogP contribution in [0, 0.1) is 3.57 Å². The summed E-state index contributed by atoms with van der Waals surface area (Å²) in [6.45, 7) is 0. The zero-order chi connectivity index (χ0) is 12.3. The SMILES string of the molecule is OC(Cc1ccc(I)cc1)c1ncccc1Cl. The molecule has 0 aliphatic rings. The molecule has 0 aliphatic heterocycles. The Hall–Kier alpha value is -0.650. The summed E-state index contributed by atoms with van der Waals surface area (Å²) in [5, 5.41) is 10.6. The minimum absolute atomic E-state index is 0.505. The lowest BCUT2D eigenvalue weighted by Gasteiger charge is -2.11. The van der Waals surface area contributed by atoms with Crippen molar-refractivity contribution in [2.24, 2.45) is 0 Å². The van der Waals surface area contributed by atoms with E-state index in [0.717, 1.165) is 5.56 Å². The minimum atomic E-state index is -0.663. The normalized spacial score (nSPS) is 12.4. The topological polar surface area (TPSA) is 33.1 Å². The van der Waals surface area contributed by atoms with Crippen molar-refractivity contribution < 1.29 is 5.11 Å². The molecular formula is C13H11ClINO. The molecule has 17 heavy (non-hydrogen) atoms. The Bertz CT molecular complexity index is 501. The van der Waals surface area contributed by atoms with E-state index in [1.54, 1.807) is 18.3 Å². The molecule has 2 rings (SSSR count). The lowest BCUT2D eigenvalue weighted by Crippen LogP contribution is -2.04. The van der Waals surface area contributed by atoms with Crippen LogP contribution < -0.4 is 0 Å². The number of halogens is 2. The van der Waals surface area contributed by atoms with E-state index in [0.29, 0.717) is 17.1 Å². The summed E-state index contributed by atoms with van der Waals surface area (Å²) in [7, 11) is 0. The number of aliphatic hydroxyl groups excluding tert-OH is 1. The largest absolute Gasteiger partial charge is 0.386 e. The Morgan fingerprint density at radius 1 is 1.24 bits per heavy atom. The highest BCUT2D eigenvalue weighted by Crippen LogP contribution is 2.23. The molecule has 0 amide bonds. The van der Waals surface area contributed by atoms with Gasteiger partial charge in [0.25, 0.3) is 0 Å². The quantitative estimate of drug-likeness (QED) is 0.849. The number of hydrogen-bond acceptors (Lipinski definition) is 2. The number of aromatic nitrogens is 1. The lowest BCUT2D eigenvalue weighted by molar-refractivity contribution is 0.173. The summed E-state index contributed by atoms with van der Waals surface area (Å²) in [6.07, 6.45) is 1.50. The van der Waals surface area contributed by atoms with Crippen LogP contribution in [0.2, 0.25) is 5.02 Å². The molecule has 0 saturated carbocycles. The first-order chi connectivity index (χ1) is 8.16. The highest BCUT2D eigenvalue weighted by Gasteiger charge is 2.13. The predicted octanol–water partition coefficient (Wildman–Crippen LogP) is 3.62. The molecule has 1 unspecified atom stereocenters. The maximum Gasteiger partial charge on any atom is 0.101 e. The standard InChI is InChI=1S/C13H11ClINO/c14-11-2-1-7-16-13(11)12(17)8-9-3-5-10(15)6-4-9/h1-7,12,17H,8H2. The monoisotopic (exact) mass is 359 g/mol. The molecule has 2 aromatic rings. The van der Waals surface area contributed by atoms with Crippen molar-refractivity contribution in [3.8, 4) is 0 Å². The average Bonchev–Trinajstić information content (AvgIpc) is 2.32. The lowest BCUT2D eigenvalue weighted by atomic mass is 10.1. The molecular weight excluding hydrogens is 349 g/mol. The van der Waals surface area contributed by atoms with Crippen LogP contribution >= 0.6 is 34.2 Å². The van der Waals surface area contributed by atoms with Crippen molar-refractivity contribution in [1.82, 2.24) is 4.98 Å². The summed E-state index contributed by atoms with van der Waals surface area (Å²) in [4.78, 5) is 4.11. The van der Waals surface area contributed by atoms with E-state index in [4.69, 9.17) is 11.6 Å². The molecule has 1 aromatic heterocycles. The van der Waals surface area contributed by atoms with E-state index in [-0.39, 0.29) is 0 Å². The Morgan fingerprint density at radius 3 is 2.59 bits per heavy atom. The van der Waals surface area contributed by atoms with Crippen LogP contribution in [-0.2, 0) is 6.42 Å². The van der Waals surface area contributed by atoms with Gasteiger partial charge in [0, 0.05) is 16.2 Å². The fourth-order valence-electron chi connectivity index (χ4n) is 1.58. The third kappa shape index (κ3) is 3.40. The first-order valence-corrected chi connectivity index (χ1v) is 6.65. The molecule has 0 spiro atoms. The number of hydrogen-bond donors (Lipinski definition) is 1. The van der Waals surface area contributed by atoms with Crippen molar-refractivity contribution in [3.05, 3.63) is 62.4 Å². The zero-order valence-electron chi connectivity index (χ0n) is 8.98. The number of aliphatic hydroxyl groups is 1. The fraction of sp³-hybridized carbons (Fsp3) is 0.154. The first-order valence-electron chi connectivity index (χ1n) is 5.20. The summed E-state index contributed by atoms with van der Waals surface area (Å²) in [6, 6.07) is 11.5. The van der Waals surface area contributed by atoms with Crippen LogP contribution in [0.4, 0.5) is 0 Å². The Kier molecular flexibility index (Phi) is 4.36. The highest BCUT2D eigenvalue weighted by molar-refractivity contribution is 14.1. The van der Waals surface area contributed by atoms with Gasteiger partial charge in [-0.3, -0.25) is 4.98 Å². The van der Waals surface area contributed by atoms with Gasteiger partial charge in [-0.1, -0.05) is 23.7 Å². The second kappa shape index (κ2) is 5.80. The van der Waals surface area contributed by atoms with Crippen LogP contribution in [-0.4, -0.2) is 10.1 Å². The van der Waals surface area contributed by atoms with Gasteiger partial charge in [0.1, 0.15) is 6.10 Å². The van der Waals surface area contributed by atoms with Gasteiger partial charge in [-0.05, 0) is 52.4 Å². The average molecular weight is 360 g/mol. The zero-order valence-corrected chi connectivity index (χ0v) is 11.9. The molecule has 1 atom stereocenters. The number of pyridine rings is 1. The van der Waals surface area contributed by atoms with Crippen molar-refractivity contribution in [2.45, 2.75) is 12.5 Å². The number of nitrogens with zero attached hydrogens (tertiary/aromatic N) is 1. The molecule has 0 saturated heterocycles. The molecule has 0 radical (unpaired) electrons. The molecule has 0 bridgehead atoms. The molecule has 1 N–H and O–H groups in total. The van der Waals surface area contributed by atoms with Gasteiger partial charge in [0.15, 0.2) is 0 Å². The number of benzene rings is 1. The molecule has 0 aliphatic carbocycles. The molecule has 1 heterocycles. The second-order valence-electron chi connectivity index (χ2n) is 3.72. The van der Waals surface area contributed by atoms with Crippen LogP contribution in [0.5, 0.6) is 0 Å². The van der Waals surface area contributed by atoms with E-state index in [1.165, 1.54) is 3.57 Å². The third-order valence-electron chi connectivity index (χ3n) is 2.44. The van der Waals surface area contributed by atoms with Gasteiger partial charge in [-0.2, -0.15) is 0 Å². The van der Waals surface area contributed by atoms with Gasteiger partial charge in [-0.25, -0.2) is 0 Å². The van der Waals surface area contributed by atoms with E-state index in [2.05, 4.69) is 27.6 Å². The fourth-order valence-corrected chi connectivity index (χ4v) is 2.19. The van der Waals surface area contributed by atoms with E-state index >= 15 is 0 Å². The molecule has 2 nitrogen and oxygen atoms in total. The smallest absolute Gasteiger partial charge is 0.101 e. The van der Waals surface area contributed by atoms with Crippen LogP contribution in [0.15, 0.2) is 42.6 Å². The molecule has 0 fully saturated rings. The maximum absolute atomic E-state index is 10.1. The molecule has 1 aromatic carbocycles. The molecule has 4 heteroatoms. The van der Waals surface area contributed by atoms with Crippen molar-refractivity contribution in [1.29, 1.82) is 0 Å². The first kappa shape index (κ1) is 12.8. The molecule has 88 valence electrons. The second-order valence-corrected chi connectivity index (χ2v) is 5.37. The maximum atomic E-state index is 10.1. The van der Waals surface area contributed by atoms with Crippen molar-refractivity contribution >= 4 is 34.2 Å². The van der Waals surface area contributed by atoms with Gasteiger partial charge in [0.2, 0.25) is 0 Å². The highest BCUT2D eigenvalue weighted by atomic mass is 127. The van der Waals surface area contributed by atoms with Gasteiger partial charge in [0.05, 0.1) is 10.7 Å². The van der Waals surface area contributed by atoms with Crippen molar-refractivity contribution in [3.63, 3.8) is 0 Å². The summed E-state index contributed by atoms with van der Waals surface area (Å²) in [5.41, 5.74) is 1.60. The Labute approximate surface area is 119 Å². The van der Waals surface area contributed by atoms with Gasteiger partial charge < -0.3 is 5.11 Å². The Morgan fingerprint density at radius 2 is 1.94 bits per heavy atom. The van der Waals surface area contributed by atoms with Gasteiger partial charge >= 0.3 is 0 Å². The summed E-state index contributed by atoms with van der Waals surface area (Å²) >= 11 is 8.24. The van der Waals surface area contributed by atoms with Gasteiger partial charge in [-0.15, -0.1) is 0 Å². The van der Waals surface area contributed by atoms with Crippen LogP contribution in [0.3, 0.4) is 0 Å². The van der Waals surface area contributed by atoms with E-state index < -0.39 is 6.10 Å². The van der Waals surface area contributed by atoms with Crippen molar-refractivity contribution in [2.75, 3.05) is 0 Å². The number of rotatable bonds is 3. The summed E-state index contributed by atoms with van der Waals surface area (Å²) in [5.74, 6) is 0.